The molecule has 168 valence electrons. The van der Waals surface area contributed by atoms with Crippen molar-refractivity contribution in [3.05, 3.63) is 36.4 Å². The van der Waals surface area contributed by atoms with Gasteiger partial charge in [0.05, 0.1) is 6.61 Å². The summed E-state index contributed by atoms with van der Waals surface area (Å²) in [5.74, 6) is 0.184. The van der Waals surface area contributed by atoms with E-state index in [1.807, 2.05) is 0 Å². The molecule has 4 rings (SSSR count). The quantitative estimate of drug-likeness (QED) is 0.672. The number of ether oxygens (including phenoxy) is 1. The van der Waals surface area contributed by atoms with Crippen molar-refractivity contribution in [2.45, 2.75) is 50.6 Å². The minimum Gasteiger partial charge on any atom is -0.491 e. The smallest absolute Gasteiger partial charge is 0.260 e. The number of hydrogen-bond acceptors (Lipinski definition) is 5. The van der Waals surface area contributed by atoms with Crippen LogP contribution in [0.5, 0.6) is 5.75 Å². The minimum absolute atomic E-state index is 0.00576. The molecule has 3 heterocycles. The molecule has 1 unspecified atom stereocenters. The number of aromatic nitrogens is 3. The van der Waals surface area contributed by atoms with Gasteiger partial charge in [0.1, 0.15) is 12.4 Å². The summed E-state index contributed by atoms with van der Waals surface area (Å²) in [5, 5.41) is 7.14. The van der Waals surface area contributed by atoms with Gasteiger partial charge in [0.25, 0.3) is 6.43 Å². The molecule has 0 aliphatic carbocycles. The van der Waals surface area contributed by atoms with Crippen molar-refractivity contribution in [3.63, 3.8) is 0 Å². The lowest BCUT2D eigenvalue weighted by molar-refractivity contribution is -0.133. The van der Waals surface area contributed by atoms with Crippen molar-refractivity contribution in [2.75, 3.05) is 25.0 Å². The zero-order chi connectivity index (χ0) is 21.8. The zero-order valence-electron chi connectivity index (χ0n) is 17.1. The van der Waals surface area contributed by atoms with Crippen LogP contribution in [0.15, 0.2) is 30.6 Å². The number of fused-ring (bicyclic) bond motifs is 1. The summed E-state index contributed by atoms with van der Waals surface area (Å²) in [5.41, 5.74) is 0. The van der Waals surface area contributed by atoms with E-state index in [2.05, 4.69) is 15.4 Å². The number of piperidine rings is 1. The average Bonchev–Trinajstić information content (AvgIpc) is 3.25. The first kappa shape index (κ1) is 21.5. The van der Waals surface area contributed by atoms with E-state index in [1.165, 1.54) is 17.1 Å². The third-order valence-corrected chi connectivity index (χ3v) is 6.00. The molecular formula is C21H26F3N5O2. The summed E-state index contributed by atoms with van der Waals surface area (Å²) in [7, 11) is 0. The maximum Gasteiger partial charge on any atom is 0.260 e. The molecule has 1 aromatic heterocycles. The van der Waals surface area contributed by atoms with E-state index in [1.54, 1.807) is 23.1 Å². The number of hydrogen-bond donors (Lipinski definition) is 1. The Balaban J connectivity index is 1.28. The second-order valence-corrected chi connectivity index (χ2v) is 8.04. The van der Waals surface area contributed by atoms with Crippen molar-refractivity contribution in [1.82, 2.24) is 19.7 Å². The highest BCUT2D eigenvalue weighted by Gasteiger charge is 2.38. The number of carbonyl (C=O) groups excluding carboxylic acids is 1. The zero-order valence-corrected chi connectivity index (χ0v) is 17.1. The predicted octanol–water partition coefficient (Wildman–Crippen LogP) is 3.51. The van der Waals surface area contributed by atoms with Crippen molar-refractivity contribution in [2.24, 2.45) is 5.92 Å². The molecule has 31 heavy (non-hydrogen) atoms. The number of carbonyl (C=O) groups is 1. The fraction of sp³-hybridized carbons (Fsp3) is 0.571. The minimum atomic E-state index is -2.53. The molecule has 0 radical (unpaired) electrons. The van der Waals surface area contributed by atoms with Gasteiger partial charge in [-0.1, -0.05) is 12.1 Å². The number of para-hydroxylation sites is 1. The average molecular weight is 437 g/mol. The Morgan fingerprint density at radius 3 is 2.97 bits per heavy atom. The van der Waals surface area contributed by atoms with Gasteiger partial charge in [-0.15, -0.1) is 0 Å². The van der Waals surface area contributed by atoms with Gasteiger partial charge in [0, 0.05) is 25.6 Å². The van der Waals surface area contributed by atoms with Crippen LogP contribution in [0.1, 0.15) is 38.1 Å². The molecule has 2 aromatic rings. The number of halogens is 3. The lowest BCUT2D eigenvalue weighted by atomic mass is 9.86. The highest BCUT2D eigenvalue weighted by molar-refractivity contribution is 5.76. The van der Waals surface area contributed by atoms with Crippen LogP contribution in [0.25, 0.3) is 0 Å². The summed E-state index contributed by atoms with van der Waals surface area (Å²) in [6.07, 6.45) is 1.46. The number of likely N-dealkylation sites (tertiary alicyclic amines) is 1. The van der Waals surface area contributed by atoms with E-state index in [9.17, 15) is 18.0 Å². The van der Waals surface area contributed by atoms with Crippen LogP contribution in [-0.2, 0) is 4.79 Å². The number of benzene rings is 1. The first-order chi connectivity index (χ1) is 15.0. The van der Waals surface area contributed by atoms with Gasteiger partial charge >= 0.3 is 0 Å². The van der Waals surface area contributed by atoms with Crippen LogP contribution in [0.2, 0.25) is 0 Å². The van der Waals surface area contributed by atoms with Gasteiger partial charge in [0.15, 0.2) is 11.6 Å². The molecule has 1 fully saturated rings. The molecule has 10 heteroatoms. The van der Waals surface area contributed by atoms with E-state index in [0.717, 1.165) is 12.8 Å². The highest BCUT2D eigenvalue weighted by Crippen LogP contribution is 2.35. The summed E-state index contributed by atoms with van der Waals surface area (Å²) in [4.78, 5) is 18.5. The molecule has 1 amide bonds. The Labute approximate surface area is 178 Å². The third-order valence-electron chi connectivity index (χ3n) is 6.00. The fourth-order valence-electron chi connectivity index (χ4n) is 4.39. The van der Waals surface area contributed by atoms with Crippen molar-refractivity contribution in [1.29, 1.82) is 0 Å². The highest BCUT2D eigenvalue weighted by atomic mass is 19.3. The number of nitrogens with zero attached hydrogens (tertiary/aromatic N) is 4. The van der Waals surface area contributed by atoms with Crippen LogP contribution < -0.4 is 10.1 Å². The predicted molar refractivity (Wildman–Crippen MR) is 108 cm³/mol. The number of alkyl halides is 2. The molecule has 0 saturated carbocycles. The molecule has 7 nitrogen and oxygen atoms in total. The fourth-order valence-corrected chi connectivity index (χ4v) is 4.39. The number of anilines is 1. The van der Waals surface area contributed by atoms with Crippen molar-refractivity contribution in [3.8, 4) is 5.75 Å². The van der Waals surface area contributed by atoms with Crippen molar-refractivity contribution < 1.29 is 22.7 Å². The third kappa shape index (κ3) is 4.94. The van der Waals surface area contributed by atoms with E-state index < -0.39 is 18.3 Å². The number of amides is 1. The van der Waals surface area contributed by atoms with Crippen LogP contribution in [0, 0.1) is 11.7 Å². The normalized spacial score (nSPS) is 23.4. The molecule has 1 aromatic carbocycles. The van der Waals surface area contributed by atoms with Crippen LogP contribution >= 0.6 is 0 Å². The Morgan fingerprint density at radius 1 is 1.32 bits per heavy atom. The molecule has 0 bridgehead atoms. The van der Waals surface area contributed by atoms with E-state index in [-0.39, 0.29) is 36.6 Å². The number of nitrogens with one attached hydrogen (secondary N) is 1. The Hall–Kier alpha value is -2.78. The van der Waals surface area contributed by atoms with Gasteiger partial charge in [-0.3, -0.25) is 4.79 Å². The second kappa shape index (κ2) is 9.57. The summed E-state index contributed by atoms with van der Waals surface area (Å²) in [6, 6.07) is 4.97. The van der Waals surface area contributed by atoms with Gasteiger partial charge in [-0.2, -0.15) is 10.1 Å². The van der Waals surface area contributed by atoms with Gasteiger partial charge in [0.2, 0.25) is 11.9 Å². The van der Waals surface area contributed by atoms with Crippen LogP contribution in [0.3, 0.4) is 0 Å². The molecule has 3 atom stereocenters. The second-order valence-electron chi connectivity index (χ2n) is 8.04. The van der Waals surface area contributed by atoms with Gasteiger partial charge in [-0.25, -0.2) is 17.9 Å². The van der Waals surface area contributed by atoms with E-state index >= 15 is 0 Å². The van der Waals surface area contributed by atoms with Crippen LogP contribution in [-0.4, -0.2) is 57.7 Å². The lowest BCUT2D eigenvalue weighted by Gasteiger charge is -2.40. The maximum absolute atomic E-state index is 13.6. The van der Waals surface area contributed by atoms with E-state index in [4.69, 9.17) is 4.74 Å². The van der Waals surface area contributed by atoms with E-state index in [0.29, 0.717) is 31.9 Å². The summed E-state index contributed by atoms with van der Waals surface area (Å²) < 4.78 is 47.3. The van der Waals surface area contributed by atoms with Gasteiger partial charge < -0.3 is 15.0 Å². The lowest BCUT2D eigenvalue weighted by Crippen LogP contribution is -2.48. The Bertz CT molecular complexity index is 893. The standard InChI is InChI=1S/C21H26F3N5O2/c22-15-6-1-2-7-18(15)31-10-4-8-19(30)28-9-3-5-14(12-28)16-11-17(20(23)24)29-21(27-16)25-13-26-29/h1-2,6-7,13-14,16-17,20H,3-5,8-12H2,(H,25,26,27)/t14?,16-,17+/m0/s1. The summed E-state index contributed by atoms with van der Waals surface area (Å²) >= 11 is 0. The summed E-state index contributed by atoms with van der Waals surface area (Å²) in [6.45, 7) is 1.43. The molecule has 2 aliphatic rings. The van der Waals surface area contributed by atoms with Gasteiger partial charge in [-0.05, 0) is 43.7 Å². The first-order valence-electron chi connectivity index (χ1n) is 10.6. The molecule has 2 aliphatic heterocycles. The molecular weight excluding hydrogens is 411 g/mol. The Kier molecular flexibility index (Phi) is 6.62. The van der Waals surface area contributed by atoms with Crippen molar-refractivity contribution >= 4 is 11.9 Å². The molecule has 1 saturated heterocycles. The Morgan fingerprint density at radius 2 is 2.16 bits per heavy atom. The van der Waals surface area contributed by atoms with Crippen LogP contribution in [0.4, 0.5) is 19.1 Å². The molecule has 0 spiro atoms. The topological polar surface area (TPSA) is 72.3 Å². The first-order valence-corrected chi connectivity index (χ1v) is 10.6. The monoisotopic (exact) mass is 437 g/mol. The SMILES string of the molecule is O=C(CCCOc1ccccc1F)N1CCCC([C@@H]2C[C@H](C(F)F)n3ncnc3N2)C1. The largest absolute Gasteiger partial charge is 0.491 e. The number of rotatable bonds is 7. The maximum atomic E-state index is 13.6. The molecule has 1 N–H and O–H groups in total.